The van der Waals surface area contributed by atoms with Gasteiger partial charge < -0.3 is 9.88 Å². The topological polar surface area (TPSA) is 34.0 Å². The molecule has 27 heavy (non-hydrogen) atoms. The van der Waals surface area contributed by atoms with Crippen LogP contribution < -0.4 is 5.32 Å². The summed E-state index contributed by atoms with van der Waals surface area (Å²) in [5, 5.41) is 4.41. The van der Waals surface area contributed by atoms with Crippen LogP contribution in [0.1, 0.15) is 29.3 Å². The smallest absolute Gasteiger partial charge is 0.383 e. The van der Waals surface area contributed by atoms with E-state index < -0.39 is 22.5 Å². The lowest BCUT2D eigenvalue weighted by Crippen LogP contribution is -2.10. The van der Waals surface area contributed by atoms with Crippen LogP contribution in [0.5, 0.6) is 0 Å². The molecule has 0 saturated heterocycles. The number of aromatic nitrogens is 1. The van der Waals surface area contributed by atoms with Crippen molar-refractivity contribution in [1.29, 1.82) is 0 Å². The Hall–Kier alpha value is -2.54. The third-order valence-corrected chi connectivity index (χ3v) is 6.74. The molecule has 0 spiro atoms. The number of halogens is 3. The van der Waals surface area contributed by atoms with E-state index in [2.05, 4.69) is 9.88 Å². The number of aryl methyl sites for hydroxylation is 1. The van der Waals surface area contributed by atoms with Crippen molar-refractivity contribution in [2.24, 2.45) is 7.05 Å². The highest BCUT2D eigenvalue weighted by Gasteiger charge is 2.36. The Balaban J connectivity index is 1.57. The molecular weight excluding hydrogens is 373 g/mol. The van der Waals surface area contributed by atoms with Gasteiger partial charge in [-0.15, -0.1) is 0 Å². The van der Waals surface area contributed by atoms with Crippen molar-refractivity contribution < 1.29 is 17.4 Å². The molecule has 5 rings (SSSR count). The van der Waals surface area contributed by atoms with Crippen molar-refractivity contribution in [3.63, 3.8) is 0 Å². The average Bonchev–Trinajstić information content (AvgIpc) is 3.34. The minimum absolute atomic E-state index is 0.244. The van der Waals surface area contributed by atoms with Gasteiger partial charge in [-0.05, 0) is 48.0 Å². The Morgan fingerprint density at radius 3 is 2.52 bits per heavy atom. The van der Waals surface area contributed by atoms with Gasteiger partial charge >= 0.3 is 6.18 Å². The van der Waals surface area contributed by atoms with Crippen molar-refractivity contribution in [2.45, 2.75) is 28.4 Å². The standard InChI is InChI=1S/C20H15F3N2OS/c1-25-17-7-6-14(9-15(17)18-16-8-11(10-24-16)19(18)25)27(26)13-4-2-12(3-5-13)20(21,22)23/h2-7,9-10,16,24H,8H2,1H3. The van der Waals surface area contributed by atoms with Crippen LogP contribution in [0.25, 0.3) is 16.5 Å². The molecule has 2 aliphatic rings. The van der Waals surface area contributed by atoms with Crippen molar-refractivity contribution in [3.8, 4) is 0 Å². The lowest BCUT2D eigenvalue weighted by Gasteiger charge is -2.10. The molecule has 3 nitrogen and oxygen atoms in total. The molecule has 1 N–H and O–H groups in total. The first-order valence-electron chi connectivity index (χ1n) is 8.51. The maximum Gasteiger partial charge on any atom is 0.416 e. The fourth-order valence-corrected chi connectivity index (χ4v) is 5.17. The Kier molecular flexibility index (Phi) is 3.37. The number of hydrogen-bond acceptors (Lipinski definition) is 2. The van der Waals surface area contributed by atoms with Gasteiger partial charge in [0.1, 0.15) is 0 Å². The van der Waals surface area contributed by atoms with Crippen LogP contribution in [0, 0.1) is 0 Å². The van der Waals surface area contributed by atoms with Crippen LogP contribution in [-0.4, -0.2) is 8.78 Å². The van der Waals surface area contributed by atoms with Crippen molar-refractivity contribution in [2.75, 3.05) is 0 Å². The van der Waals surface area contributed by atoms with Gasteiger partial charge in [0, 0.05) is 45.9 Å². The molecule has 138 valence electrons. The second-order valence-corrected chi connectivity index (χ2v) is 8.36. The average molecular weight is 388 g/mol. The number of fused-ring (bicyclic) bond motifs is 7. The minimum Gasteiger partial charge on any atom is -0.383 e. The van der Waals surface area contributed by atoms with E-state index in [1.165, 1.54) is 29.0 Å². The van der Waals surface area contributed by atoms with Gasteiger partial charge in [0.25, 0.3) is 0 Å². The molecule has 2 aromatic carbocycles. The van der Waals surface area contributed by atoms with E-state index in [0.717, 1.165) is 29.5 Å². The van der Waals surface area contributed by atoms with Crippen LogP contribution in [0.2, 0.25) is 0 Å². The second kappa shape index (κ2) is 5.48. The predicted octanol–water partition coefficient (Wildman–Crippen LogP) is 4.75. The van der Waals surface area contributed by atoms with Crippen LogP contribution >= 0.6 is 0 Å². The number of hydrogen-bond donors (Lipinski definition) is 1. The molecule has 2 atom stereocenters. The van der Waals surface area contributed by atoms with E-state index in [-0.39, 0.29) is 6.04 Å². The van der Waals surface area contributed by atoms with Crippen molar-refractivity contribution in [1.82, 2.24) is 9.88 Å². The SMILES string of the molecule is Cn1c2c(c3cc(S(=O)c4ccc(C(F)(F)F)cc4)ccc31)C1CC2=CN1. The first-order valence-corrected chi connectivity index (χ1v) is 9.66. The summed E-state index contributed by atoms with van der Waals surface area (Å²) >= 11 is 0. The van der Waals surface area contributed by atoms with E-state index in [1.807, 2.05) is 25.4 Å². The highest BCUT2D eigenvalue weighted by Crippen LogP contribution is 2.48. The first kappa shape index (κ1) is 16.6. The van der Waals surface area contributed by atoms with E-state index in [4.69, 9.17) is 0 Å². The molecule has 1 aliphatic carbocycles. The highest BCUT2D eigenvalue weighted by molar-refractivity contribution is 7.85. The quantitative estimate of drug-likeness (QED) is 0.687. The summed E-state index contributed by atoms with van der Waals surface area (Å²) in [6, 6.07) is 10.4. The summed E-state index contributed by atoms with van der Waals surface area (Å²) < 4.78 is 53.3. The first-order chi connectivity index (χ1) is 12.8. The molecule has 1 aromatic heterocycles. The summed E-state index contributed by atoms with van der Waals surface area (Å²) in [5.41, 5.74) is 4.03. The summed E-state index contributed by atoms with van der Waals surface area (Å²) in [6.45, 7) is 0. The molecule has 2 unspecified atom stereocenters. The van der Waals surface area contributed by atoms with Crippen LogP contribution in [-0.2, 0) is 24.0 Å². The summed E-state index contributed by atoms with van der Waals surface area (Å²) in [7, 11) is 0.484. The van der Waals surface area contributed by atoms with Gasteiger partial charge in [0.2, 0.25) is 0 Å². The zero-order chi connectivity index (χ0) is 18.9. The molecule has 7 heteroatoms. The lowest BCUT2D eigenvalue weighted by molar-refractivity contribution is -0.137. The van der Waals surface area contributed by atoms with Gasteiger partial charge in [0.15, 0.2) is 0 Å². The number of rotatable bonds is 2. The summed E-state index contributed by atoms with van der Waals surface area (Å²) in [4.78, 5) is 0.949. The molecule has 0 amide bonds. The highest BCUT2D eigenvalue weighted by atomic mass is 32.2. The van der Waals surface area contributed by atoms with Gasteiger partial charge in [-0.1, -0.05) is 0 Å². The van der Waals surface area contributed by atoms with E-state index in [1.54, 1.807) is 6.07 Å². The Bertz CT molecular complexity index is 1140. The molecule has 1 aliphatic heterocycles. The largest absolute Gasteiger partial charge is 0.416 e. The maximum atomic E-state index is 12.9. The molecule has 0 radical (unpaired) electrons. The third-order valence-electron chi connectivity index (χ3n) is 5.36. The molecule has 2 heterocycles. The summed E-state index contributed by atoms with van der Waals surface area (Å²) in [5.74, 6) is 0. The molecule has 2 bridgehead atoms. The van der Waals surface area contributed by atoms with Crippen molar-refractivity contribution in [3.05, 3.63) is 65.5 Å². The zero-order valence-electron chi connectivity index (χ0n) is 14.3. The molecular formula is C20H15F3N2OS. The van der Waals surface area contributed by atoms with Gasteiger partial charge in [-0.2, -0.15) is 13.2 Å². The van der Waals surface area contributed by atoms with E-state index in [0.29, 0.717) is 9.79 Å². The number of nitrogens with one attached hydrogen (secondary N) is 1. The Morgan fingerprint density at radius 2 is 1.81 bits per heavy atom. The monoisotopic (exact) mass is 388 g/mol. The Morgan fingerprint density at radius 1 is 1.11 bits per heavy atom. The summed E-state index contributed by atoms with van der Waals surface area (Å²) in [6.07, 6.45) is -1.39. The number of benzene rings is 2. The predicted molar refractivity (Wildman–Crippen MR) is 97.5 cm³/mol. The fraction of sp³-hybridized carbons (Fsp3) is 0.200. The third kappa shape index (κ3) is 2.37. The Labute approximate surface area is 155 Å². The number of nitrogens with zero attached hydrogens (tertiary/aromatic N) is 1. The van der Waals surface area contributed by atoms with Gasteiger partial charge in [-0.25, -0.2) is 4.21 Å². The van der Waals surface area contributed by atoms with Gasteiger partial charge in [0.05, 0.1) is 28.1 Å². The number of alkyl halides is 3. The molecule has 0 fully saturated rings. The fourth-order valence-electron chi connectivity index (χ4n) is 4.10. The molecule has 3 aromatic rings. The van der Waals surface area contributed by atoms with E-state index in [9.17, 15) is 17.4 Å². The second-order valence-electron chi connectivity index (χ2n) is 6.88. The lowest BCUT2D eigenvalue weighted by atomic mass is 10.1. The van der Waals surface area contributed by atoms with Crippen LogP contribution in [0.3, 0.4) is 0 Å². The van der Waals surface area contributed by atoms with Crippen LogP contribution in [0.4, 0.5) is 13.2 Å². The molecule has 0 saturated carbocycles. The maximum absolute atomic E-state index is 12.9. The van der Waals surface area contributed by atoms with E-state index >= 15 is 0 Å². The van der Waals surface area contributed by atoms with Crippen molar-refractivity contribution >= 4 is 27.3 Å². The normalized spacial score (nSPS) is 19.1. The van der Waals surface area contributed by atoms with Crippen LogP contribution in [0.15, 0.2) is 58.5 Å². The minimum atomic E-state index is -4.40. The zero-order valence-corrected chi connectivity index (χ0v) is 15.1. The van der Waals surface area contributed by atoms with Gasteiger partial charge in [-0.3, -0.25) is 0 Å².